The van der Waals surface area contributed by atoms with Crippen LogP contribution >= 0.6 is 0 Å². The highest BCUT2D eigenvalue weighted by Gasteiger charge is 2.00. The van der Waals surface area contributed by atoms with Gasteiger partial charge >= 0.3 is 0 Å². The molecule has 4 nitrogen and oxygen atoms in total. The minimum Gasteiger partial charge on any atom is -0.343 e. The summed E-state index contributed by atoms with van der Waals surface area (Å²) >= 11 is 0. The Morgan fingerprint density at radius 3 is 1.36 bits per heavy atom. The van der Waals surface area contributed by atoms with Gasteiger partial charge in [0.15, 0.2) is 0 Å². The van der Waals surface area contributed by atoms with Crippen LogP contribution in [-0.4, -0.2) is 23.9 Å². The monoisotopic (exact) mass is 196 g/mol. The van der Waals surface area contributed by atoms with E-state index in [1.165, 1.54) is 0 Å². The van der Waals surface area contributed by atoms with Crippen molar-refractivity contribution < 1.29 is 9.59 Å². The fourth-order valence-corrected chi connectivity index (χ4v) is 0.710. The van der Waals surface area contributed by atoms with Crippen LogP contribution < -0.4 is 10.6 Å². The second-order valence-corrected chi connectivity index (χ2v) is 3.51. The summed E-state index contributed by atoms with van der Waals surface area (Å²) in [6.07, 6.45) is 0. The number of rotatable bonds is 2. The molecule has 0 saturated heterocycles. The van der Waals surface area contributed by atoms with Gasteiger partial charge in [0, 0.05) is 23.9 Å². The van der Waals surface area contributed by atoms with E-state index in [1.807, 2.05) is 27.7 Å². The van der Waals surface area contributed by atoms with Crippen molar-refractivity contribution in [2.75, 3.05) is 0 Å². The van der Waals surface area contributed by atoms with Crippen LogP contribution in [0.1, 0.15) is 27.7 Å². The van der Waals surface area contributed by atoms with Crippen molar-refractivity contribution in [3.63, 3.8) is 0 Å². The summed E-state index contributed by atoms with van der Waals surface area (Å²) in [5, 5.41) is 5.12. The Labute approximate surface area is 84.4 Å². The molecule has 14 heavy (non-hydrogen) atoms. The second kappa shape index (κ2) is 6.03. The standard InChI is InChI=1S/C10H16N2O2/c1-7(2)11-9(13)5-6-10(14)12-8(3)4/h7-8H,1-4H3,(H,11,13)(H,12,14). The van der Waals surface area contributed by atoms with Crippen molar-refractivity contribution in [3.05, 3.63) is 0 Å². The number of nitrogens with one attached hydrogen (secondary N) is 2. The lowest BCUT2D eigenvalue weighted by molar-refractivity contribution is -0.117. The maximum absolute atomic E-state index is 11.0. The molecule has 0 saturated carbocycles. The highest BCUT2D eigenvalue weighted by Crippen LogP contribution is 1.77. The molecule has 0 bridgehead atoms. The van der Waals surface area contributed by atoms with Gasteiger partial charge < -0.3 is 10.6 Å². The number of hydrogen-bond acceptors (Lipinski definition) is 2. The van der Waals surface area contributed by atoms with Gasteiger partial charge in [0.2, 0.25) is 0 Å². The van der Waals surface area contributed by atoms with E-state index in [1.54, 1.807) is 0 Å². The number of carbonyl (C=O) groups is 2. The molecule has 0 aromatic rings. The molecule has 0 aliphatic rings. The zero-order valence-corrected chi connectivity index (χ0v) is 8.97. The Bertz CT molecular complexity index is 246. The van der Waals surface area contributed by atoms with Crippen LogP contribution in [0.15, 0.2) is 0 Å². The smallest absolute Gasteiger partial charge is 0.296 e. The lowest BCUT2D eigenvalue weighted by Crippen LogP contribution is -2.31. The maximum atomic E-state index is 11.0. The third kappa shape index (κ3) is 7.17. The Balaban J connectivity index is 4.03. The minimum absolute atomic E-state index is 0.0324. The van der Waals surface area contributed by atoms with Gasteiger partial charge in [-0.2, -0.15) is 0 Å². The predicted octanol–water partition coefficient (Wildman–Crippen LogP) is 0.0390. The molecule has 2 N–H and O–H groups in total. The molecule has 0 aliphatic heterocycles. The van der Waals surface area contributed by atoms with E-state index in [9.17, 15) is 9.59 Å². The molecule has 2 amide bonds. The van der Waals surface area contributed by atoms with Crippen molar-refractivity contribution >= 4 is 11.8 Å². The predicted molar refractivity (Wildman–Crippen MR) is 54.3 cm³/mol. The van der Waals surface area contributed by atoms with Crippen LogP contribution in [0.3, 0.4) is 0 Å². The summed E-state index contributed by atoms with van der Waals surface area (Å²) in [6, 6.07) is 0.0647. The molecular formula is C10H16N2O2. The van der Waals surface area contributed by atoms with E-state index < -0.39 is 11.8 Å². The molecule has 4 heteroatoms. The molecule has 0 heterocycles. The van der Waals surface area contributed by atoms with Gasteiger partial charge in [0.25, 0.3) is 11.8 Å². The van der Waals surface area contributed by atoms with Crippen LogP contribution in [0, 0.1) is 11.8 Å². The zero-order valence-electron chi connectivity index (χ0n) is 8.97. The summed E-state index contributed by atoms with van der Waals surface area (Å²) in [5.74, 6) is 3.55. The lowest BCUT2D eigenvalue weighted by Gasteiger charge is -2.03. The average Bonchev–Trinajstić information content (AvgIpc) is 1.98. The van der Waals surface area contributed by atoms with Gasteiger partial charge in [-0.25, -0.2) is 0 Å². The van der Waals surface area contributed by atoms with Gasteiger partial charge in [-0.15, -0.1) is 0 Å². The highest BCUT2D eigenvalue weighted by molar-refractivity contribution is 6.02. The second-order valence-electron chi connectivity index (χ2n) is 3.51. The first-order valence-corrected chi connectivity index (χ1v) is 4.54. The van der Waals surface area contributed by atoms with Crippen molar-refractivity contribution in [1.29, 1.82) is 0 Å². The third-order valence-electron chi connectivity index (χ3n) is 1.13. The number of carbonyl (C=O) groups excluding carboxylic acids is 2. The maximum Gasteiger partial charge on any atom is 0.296 e. The molecule has 0 aromatic carbocycles. The summed E-state index contributed by atoms with van der Waals surface area (Å²) in [4.78, 5) is 22.0. The van der Waals surface area contributed by atoms with Crippen LogP contribution in [-0.2, 0) is 9.59 Å². The van der Waals surface area contributed by atoms with Crippen LogP contribution in [0.4, 0.5) is 0 Å². The largest absolute Gasteiger partial charge is 0.343 e. The average molecular weight is 196 g/mol. The molecule has 0 unspecified atom stereocenters. The highest BCUT2D eigenvalue weighted by atomic mass is 16.2. The van der Waals surface area contributed by atoms with Gasteiger partial charge in [-0.1, -0.05) is 0 Å². The molecule has 0 fully saturated rings. The zero-order chi connectivity index (χ0) is 11.1. The molecule has 0 atom stereocenters. The normalized spacial score (nSPS) is 9.29. The van der Waals surface area contributed by atoms with E-state index in [0.717, 1.165) is 0 Å². The SMILES string of the molecule is CC(C)NC(=O)C#CC(=O)NC(C)C. The van der Waals surface area contributed by atoms with Gasteiger partial charge in [-0.05, 0) is 27.7 Å². The van der Waals surface area contributed by atoms with Gasteiger partial charge in [-0.3, -0.25) is 9.59 Å². The molecular weight excluding hydrogens is 180 g/mol. The van der Waals surface area contributed by atoms with E-state index in [2.05, 4.69) is 22.5 Å². The Kier molecular flexibility index (Phi) is 5.38. The Morgan fingerprint density at radius 1 is 0.857 bits per heavy atom. The molecule has 0 radical (unpaired) electrons. The first kappa shape index (κ1) is 12.5. The molecule has 78 valence electrons. The lowest BCUT2D eigenvalue weighted by atomic mass is 10.3. The summed E-state index contributed by atoms with van der Waals surface area (Å²) < 4.78 is 0. The first-order chi connectivity index (χ1) is 6.41. The van der Waals surface area contributed by atoms with Crippen LogP contribution in [0.25, 0.3) is 0 Å². The Morgan fingerprint density at radius 2 is 1.14 bits per heavy atom. The topological polar surface area (TPSA) is 58.2 Å². The number of amides is 2. The van der Waals surface area contributed by atoms with E-state index >= 15 is 0 Å². The summed E-state index contributed by atoms with van der Waals surface area (Å²) in [5.41, 5.74) is 0. The quantitative estimate of drug-likeness (QED) is 0.613. The van der Waals surface area contributed by atoms with Crippen molar-refractivity contribution in [3.8, 4) is 11.8 Å². The summed E-state index contributed by atoms with van der Waals surface area (Å²) in [7, 11) is 0. The molecule has 0 rings (SSSR count). The molecule has 0 aromatic heterocycles. The van der Waals surface area contributed by atoms with Gasteiger partial charge in [0.1, 0.15) is 0 Å². The minimum atomic E-state index is -0.432. The first-order valence-electron chi connectivity index (χ1n) is 4.54. The fraction of sp³-hybridized carbons (Fsp3) is 0.600. The van der Waals surface area contributed by atoms with Gasteiger partial charge in [0.05, 0.1) is 0 Å². The molecule has 0 aliphatic carbocycles. The molecule has 0 spiro atoms. The van der Waals surface area contributed by atoms with Crippen LogP contribution in [0.2, 0.25) is 0 Å². The van der Waals surface area contributed by atoms with E-state index in [-0.39, 0.29) is 12.1 Å². The van der Waals surface area contributed by atoms with E-state index in [0.29, 0.717) is 0 Å². The number of hydrogen-bond donors (Lipinski definition) is 2. The summed E-state index contributed by atoms with van der Waals surface area (Å²) in [6.45, 7) is 7.31. The van der Waals surface area contributed by atoms with E-state index in [4.69, 9.17) is 0 Å². The van der Waals surface area contributed by atoms with Crippen molar-refractivity contribution in [2.45, 2.75) is 39.8 Å². The fourth-order valence-electron chi connectivity index (χ4n) is 0.710. The third-order valence-corrected chi connectivity index (χ3v) is 1.13. The van der Waals surface area contributed by atoms with Crippen LogP contribution in [0.5, 0.6) is 0 Å². The van der Waals surface area contributed by atoms with Crippen molar-refractivity contribution in [2.24, 2.45) is 0 Å². The Hall–Kier alpha value is -1.50. The van der Waals surface area contributed by atoms with Crippen molar-refractivity contribution in [1.82, 2.24) is 10.6 Å².